The average molecular weight is 344 g/mol. The summed E-state index contributed by atoms with van der Waals surface area (Å²) in [7, 11) is 2.86. The van der Waals surface area contributed by atoms with E-state index in [0.29, 0.717) is 35.0 Å². The van der Waals surface area contributed by atoms with Crippen molar-refractivity contribution in [3.63, 3.8) is 0 Å². The minimum atomic E-state index is -0.467. The van der Waals surface area contributed by atoms with E-state index in [-0.39, 0.29) is 26.0 Å². The molecule has 2 aromatic rings. The van der Waals surface area contributed by atoms with Crippen LogP contribution in [0, 0.1) is 5.82 Å². The van der Waals surface area contributed by atoms with Crippen LogP contribution in [0.3, 0.4) is 0 Å². The molecule has 108 valence electrons. The van der Waals surface area contributed by atoms with Gasteiger partial charge in [-0.05, 0) is 0 Å². The SMILES string of the molecule is COc1cc2[se]c(C(=O)CCCN)cc2c(F)c1OC. The van der Waals surface area contributed by atoms with Crippen LogP contribution >= 0.6 is 0 Å². The maximum absolute atomic E-state index is 14.3. The Morgan fingerprint density at radius 1 is 1.35 bits per heavy atom. The van der Waals surface area contributed by atoms with Crippen LogP contribution in [0.2, 0.25) is 0 Å². The van der Waals surface area contributed by atoms with Gasteiger partial charge in [0.2, 0.25) is 0 Å². The molecule has 4 nitrogen and oxygen atoms in total. The molecule has 0 saturated heterocycles. The maximum atomic E-state index is 14.3. The van der Waals surface area contributed by atoms with Crippen molar-refractivity contribution in [1.82, 2.24) is 0 Å². The molecule has 2 rings (SSSR count). The third-order valence-electron chi connectivity index (χ3n) is 2.99. The van der Waals surface area contributed by atoms with Crippen molar-refractivity contribution in [1.29, 1.82) is 0 Å². The molecule has 0 atom stereocenters. The van der Waals surface area contributed by atoms with E-state index in [1.165, 1.54) is 14.2 Å². The number of fused-ring (bicyclic) bond motifs is 1. The molecule has 0 radical (unpaired) electrons. The van der Waals surface area contributed by atoms with Crippen LogP contribution < -0.4 is 15.2 Å². The standard InChI is InChI=1S/C14H16FNO3Se/c1-18-10-7-11-8(13(15)14(10)19-2)6-12(20-11)9(17)4-3-5-16/h6-7H,3-5,16H2,1-2H3. The summed E-state index contributed by atoms with van der Waals surface area (Å²) in [4.78, 5) is 12.0. The van der Waals surface area contributed by atoms with Gasteiger partial charge in [-0.3, -0.25) is 0 Å². The van der Waals surface area contributed by atoms with Gasteiger partial charge in [0.25, 0.3) is 0 Å². The van der Waals surface area contributed by atoms with Gasteiger partial charge in [0.15, 0.2) is 0 Å². The summed E-state index contributed by atoms with van der Waals surface area (Å²) in [6.45, 7) is 0.481. The second kappa shape index (κ2) is 6.39. The number of ether oxygens (including phenoxy) is 2. The zero-order chi connectivity index (χ0) is 14.7. The summed E-state index contributed by atoms with van der Waals surface area (Å²) in [5.41, 5.74) is 5.40. The number of ketones is 1. The van der Waals surface area contributed by atoms with Gasteiger partial charge in [0.05, 0.1) is 0 Å². The van der Waals surface area contributed by atoms with Gasteiger partial charge in [-0.1, -0.05) is 0 Å². The van der Waals surface area contributed by atoms with Crippen LogP contribution in [0.25, 0.3) is 9.65 Å². The molecule has 0 aliphatic heterocycles. The Morgan fingerprint density at radius 2 is 2.10 bits per heavy atom. The Kier molecular flexibility index (Phi) is 4.81. The predicted molar refractivity (Wildman–Crippen MR) is 76.6 cm³/mol. The van der Waals surface area contributed by atoms with Crippen LogP contribution in [0.15, 0.2) is 12.1 Å². The van der Waals surface area contributed by atoms with Crippen molar-refractivity contribution in [3.8, 4) is 11.5 Å². The van der Waals surface area contributed by atoms with E-state index in [4.69, 9.17) is 15.2 Å². The first kappa shape index (κ1) is 15.0. The first-order chi connectivity index (χ1) is 9.62. The Bertz CT molecular complexity index is 639. The molecule has 0 spiro atoms. The Morgan fingerprint density at radius 3 is 2.70 bits per heavy atom. The molecule has 20 heavy (non-hydrogen) atoms. The van der Waals surface area contributed by atoms with Crippen molar-refractivity contribution in [2.45, 2.75) is 12.8 Å². The van der Waals surface area contributed by atoms with Crippen molar-refractivity contribution >= 4 is 29.9 Å². The molecule has 1 heterocycles. The Balaban J connectivity index is 2.48. The van der Waals surface area contributed by atoms with Crippen LogP contribution in [-0.4, -0.2) is 41.1 Å². The summed E-state index contributed by atoms with van der Waals surface area (Å²) < 4.78 is 26.0. The van der Waals surface area contributed by atoms with Crippen LogP contribution in [0.5, 0.6) is 11.5 Å². The van der Waals surface area contributed by atoms with E-state index in [1.54, 1.807) is 12.1 Å². The molecule has 0 saturated carbocycles. The third-order valence-corrected chi connectivity index (χ3v) is 5.35. The van der Waals surface area contributed by atoms with E-state index in [9.17, 15) is 9.18 Å². The van der Waals surface area contributed by atoms with E-state index in [1.807, 2.05) is 0 Å². The molecular weight excluding hydrogens is 328 g/mol. The molecule has 0 amide bonds. The van der Waals surface area contributed by atoms with Crippen molar-refractivity contribution in [2.75, 3.05) is 20.8 Å². The summed E-state index contributed by atoms with van der Waals surface area (Å²) in [6.07, 6.45) is 1.06. The number of hydrogen-bond donors (Lipinski definition) is 1. The molecule has 6 heteroatoms. The number of Topliss-reactive ketones (excluding diaryl/α,β-unsaturated/α-hetero) is 1. The van der Waals surface area contributed by atoms with Crippen molar-refractivity contribution in [2.24, 2.45) is 5.73 Å². The van der Waals surface area contributed by atoms with Gasteiger partial charge in [-0.15, -0.1) is 0 Å². The zero-order valence-electron chi connectivity index (χ0n) is 11.4. The van der Waals surface area contributed by atoms with E-state index < -0.39 is 5.82 Å². The van der Waals surface area contributed by atoms with Gasteiger partial charge in [-0.25, -0.2) is 0 Å². The number of halogens is 1. The molecule has 0 fully saturated rings. The van der Waals surface area contributed by atoms with E-state index >= 15 is 0 Å². The summed E-state index contributed by atoms with van der Waals surface area (Å²) in [5.74, 6) is 0.0120. The minimum absolute atomic E-state index is 0.0454. The first-order valence-corrected chi connectivity index (χ1v) is 7.91. The fourth-order valence-corrected chi connectivity index (χ4v) is 4.18. The number of carbonyl (C=O) groups is 1. The zero-order valence-corrected chi connectivity index (χ0v) is 13.1. The molecule has 2 N–H and O–H groups in total. The van der Waals surface area contributed by atoms with Gasteiger partial charge in [-0.2, -0.15) is 0 Å². The van der Waals surface area contributed by atoms with Crippen LogP contribution in [0.4, 0.5) is 4.39 Å². The van der Waals surface area contributed by atoms with E-state index in [0.717, 1.165) is 4.26 Å². The summed E-state index contributed by atoms with van der Waals surface area (Å²) >= 11 is -0.193. The molecule has 0 bridgehead atoms. The third kappa shape index (κ3) is 2.73. The van der Waals surface area contributed by atoms with Gasteiger partial charge in [0, 0.05) is 0 Å². The Hall–Kier alpha value is -1.36. The van der Waals surface area contributed by atoms with Crippen LogP contribution in [0.1, 0.15) is 22.1 Å². The molecular formula is C14H16FNO3Se. The van der Waals surface area contributed by atoms with Crippen LogP contribution in [-0.2, 0) is 0 Å². The van der Waals surface area contributed by atoms with Crippen molar-refractivity contribution < 1.29 is 18.7 Å². The average Bonchev–Trinajstić information content (AvgIpc) is 2.88. The topological polar surface area (TPSA) is 61.5 Å². The van der Waals surface area contributed by atoms with Crippen molar-refractivity contribution in [3.05, 3.63) is 22.4 Å². The van der Waals surface area contributed by atoms with Gasteiger partial charge < -0.3 is 0 Å². The fourth-order valence-electron chi connectivity index (χ4n) is 1.96. The first-order valence-electron chi connectivity index (χ1n) is 6.19. The number of rotatable bonds is 6. The number of methoxy groups -OCH3 is 2. The molecule has 1 aromatic heterocycles. The molecule has 0 unspecified atom stereocenters. The summed E-state index contributed by atoms with van der Waals surface area (Å²) in [6, 6.07) is 3.38. The second-order valence-electron chi connectivity index (χ2n) is 4.26. The predicted octanol–water partition coefficient (Wildman–Crippen LogP) is 1.97. The Labute approximate surface area is 122 Å². The summed E-state index contributed by atoms with van der Waals surface area (Å²) in [5, 5.41) is 0.443. The fraction of sp³-hybridized carbons (Fsp3) is 0.357. The molecule has 1 aromatic carbocycles. The molecule has 0 aliphatic carbocycles. The number of carbonyl (C=O) groups excluding carboxylic acids is 1. The van der Waals surface area contributed by atoms with Gasteiger partial charge in [0.1, 0.15) is 0 Å². The number of benzene rings is 1. The monoisotopic (exact) mass is 345 g/mol. The van der Waals surface area contributed by atoms with E-state index in [2.05, 4.69) is 0 Å². The van der Waals surface area contributed by atoms with Gasteiger partial charge >= 0.3 is 122 Å². The second-order valence-corrected chi connectivity index (χ2v) is 6.54. The number of hydrogen-bond acceptors (Lipinski definition) is 4. The molecule has 0 aliphatic rings. The quantitative estimate of drug-likeness (QED) is 0.643. The number of nitrogens with two attached hydrogens (primary N) is 1. The normalized spacial score (nSPS) is 10.8.